The normalized spacial score (nSPS) is 20.4. The molecular weight excluding hydrogens is 245 g/mol. The van der Waals surface area contributed by atoms with Crippen LogP contribution in [0, 0.1) is 11.7 Å². The molecule has 1 saturated heterocycles. The molecule has 0 bridgehead atoms. The highest BCUT2D eigenvalue weighted by Crippen LogP contribution is 2.19. The second kappa shape index (κ2) is 6.12. The summed E-state index contributed by atoms with van der Waals surface area (Å²) >= 11 is 0. The largest absolute Gasteiger partial charge is 0.369 e. The van der Waals surface area contributed by atoms with Crippen LogP contribution in [0.2, 0.25) is 0 Å². The molecule has 4 N–H and O–H groups in total. The number of carbonyl (C=O) groups excluding carboxylic acids is 1. The summed E-state index contributed by atoms with van der Waals surface area (Å²) < 4.78 is 13.4. The van der Waals surface area contributed by atoms with Crippen LogP contribution in [-0.4, -0.2) is 23.9 Å². The van der Waals surface area contributed by atoms with Crippen LogP contribution in [0.4, 0.5) is 4.39 Å². The van der Waals surface area contributed by atoms with Crippen LogP contribution in [0.15, 0.2) is 18.2 Å². The van der Waals surface area contributed by atoms with E-state index in [4.69, 9.17) is 11.5 Å². The van der Waals surface area contributed by atoms with Crippen LogP contribution in [0.3, 0.4) is 0 Å². The molecular formula is C14H20FN3O. The Hall–Kier alpha value is -1.46. The first-order chi connectivity index (χ1) is 9.10. The van der Waals surface area contributed by atoms with E-state index >= 15 is 0 Å². The van der Waals surface area contributed by atoms with Gasteiger partial charge in [-0.3, -0.25) is 9.69 Å². The van der Waals surface area contributed by atoms with E-state index in [0.29, 0.717) is 18.7 Å². The van der Waals surface area contributed by atoms with Crippen molar-refractivity contribution in [2.24, 2.45) is 17.4 Å². The van der Waals surface area contributed by atoms with E-state index in [1.54, 1.807) is 12.1 Å². The Morgan fingerprint density at radius 2 is 2.26 bits per heavy atom. The summed E-state index contributed by atoms with van der Waals surface area (Å²) in [6.45, 7) is 2.53. The number of halogens is 1. The second-order valence-electron chi connectivity index (χ2n) is 5.11. The lowest BCUT2D eigenvalue weighted by atomic mass is 9.97. The van der Waals surface area contributed by atoms with Crippen molar-refractivity contribution in [1.29, 1.82) is 0 Å². The summed E-state index contributed by atoms with van der Waals surface area (Å²) in [5.74, 6) is -0.561. The average Bonchev–Trinajstić information content (AvgIpc) is 2.41. The van der Waals surface area contributed by atoms with Gasteiger partial charge in [-0.05, 0) is 31.0 Å². The first-order valence-electron chi connectivity index (χ1n) is 6.59. The maximum Gasteiger partial charge on any atom is 0.221 e. The molecule has 0 saturated carbocycles. The minimum Gasteiger partial charge on any atom is -0.369 e. The highest BCUT2D eigenvalue weighted by Gasteiger charge is 2.23. The highest BCUT2D eigenvalue weighted by atomic mass is 19.1. The fourth-order valence-corrected chi connectivity index (χ4v) is 2.57. The summed E-state index contributed by atoms with van der Waals surface area (Å²) in [5, 5.41) is 0. The van der Waals surface area contributed by atoms with Crippen LogP contribution in [0.1, 0.15) is 24.0 Å². The van der Waals surface area contributed by atoms with Gasteiger partial charge in [0.15, 0.2) is 0 Å². The van der Waals surface area contributed by atoms with Crippen molar-refractivity contribution >= 4 is 5.91 Å². The third-order valence-corrected chi connectivity index (χ3v) is 3.64. The number of benzene rings is 1. The monoisotopic (exact) mass is 265 g/mol. The Morgan fingerprint density at radius 3 is 2.95 bits per heavy atom. The third-order valence-electron chi connectivity index (χ3n) is 3.64. The molecule has 19 heavy (non-hydrogen) atoms. The maximum atomic E-state index is 13.4. The van der Waals surface area contributed by atoms with E-state index in [-0.39, 0.29) is 24.2 Å². The van der Waals surface area contributed by atoms with E-state index < -0.39 is 0 Å². The quantitative estimate of drug-likeness (QED) is 0.852. The van der Waals surface area contributed by atoms with Crippen LogP contribution >= 0.6 is 0 Å². The van der Waals surface area contributed by atoms with Crippen LogP contribution in [-0.2, 0) is 17.9 Å². The summed E-state index contributed by atoms with van der Waals surface area (Å²) in [6, 6.07) is 5.01. The lowest BCUT2D eigenvalue weighted by Crippen LogP contribution is -2.40. The predicted molar refractivity (Wildman–Crippen MR) is 71.5 cm³/mol. The van der Waals surface area contributed by atoms with Crippen LogP contribution < -0.4 is 11.5 Å². The van der Waals surface area contributed by atoms with Crippen molar-refractivity contribution in [3.8, 4) is 0 Å². The van der Waals surface area contributed by atoms with E-state index in [9.17, 15) is 9.18 Å². The zero-order chi connectivity index (χ0) is 13.8. The molecule has 1 fully saturated rings. The highest BCUT2D eigenvalue weighted by molar-refractivity contribution is 5.76. The molecule has 104 valence electrons. The smallest absolute Gasteiger partial charge is 0.221 e. The summed E-state index contributed by atoms with van der Waals surface area (Å²) in [4.78, 5) is 13.4. The third kappa shape index (κ3) is 3.52. The predicted octanol–water partition coefficient (Wildman–Crippen LogP) is 0.982. The molecule has 1 unspecified atom stereocenters. The molecule has 1 atom stereocenters. The Balaban J connectivity index is 2.02. The van der Waals surface area contributed by atoms with Gasteiger partial charge in [0, 0.05) is 25.2 Å². The zero-order valence-corrected chi connectivity index (χ0v) is 10.9. The van der Waals surface area contributed by atoms with Gasteiger partial charge < -0.3 is 11.5 Å². The van der Waals surface area contributed by atoms with Crippen molar-refractivity contribution < 1.29 is 9.18 Å². The lowest BCUT2D eigenvalue weighted by molar-refractivity contribution is -0.123. The lowest BCUT2D eigenvalue weighted by Gasteiger charge is -2.31. The van der Waals surface area contributed by atoms with Crippen molar-refractivity contribution in [2.45, 2.75) is 25.9 Å². The number of nitrogens with zero attached hydrogens (tertiary/aromatic N) is 1. The fraction of sp³-hybridized carbons (Fsp3) is 0.500. The van der Waals surface area contributed by atoms with Gasteiger partial charge in [0.25, 0.3) is 0 Å². The fourth-order valence-electron chi connectivity index (χ4n) is 2.57. The Bertz CT molecular complexity index is 464. The number of likely N-dealkylation sites (tertiary alicyclic amines) is 1. The topological polar surface area (TPSA) is 72.3 Å². The molecule has 1 aliphatic rings. The number of piperidine rings is 1. The van der Waals surface area contributed by atoms with E-state index in [1.165, 1.54) is 6.07 Å². The molecule has 1 aromatic rings. The van der Waals surface area contributed by atoms with Gasteiger partial charge in [-0.15, -0.1) is 0 Å². The molecule has 0 spiro atoms. The van der Waals surface area contributed by atoms with Gasteiger partial charge in [-0.2, -0.15) is 0 Å². The van der Waals surface area contributed by atoms with Gasteiger partial charge in [0.2, 0.25) is 5.91 Å². The summed E-state index contributed by atoms with van der Waals surface area (Å²) in [5.41, 5.74) is 12.4. The number of rotatable bonds is 4. The molecule has 1 aromatic carbocycles. The summed E-state index contributed by atoms with van der Waals surface area (Å²) in [7, 11) is 0. The molecule has 0 radical (unpaired) electrons. The van der Waals surface area contributed by atoms with Gasteiger partial charge in [-0.1, -0.05) is 12.1 Å². The average molecular weight is 265 g/mol. The van der Waals surface area contributed by atoms with Gasteiger partial charge in [0.1, 0.15) is 5.82 Å². The number of primary amides is 1. The number of carbonyl (C=O) groups is 1. The number of hydrogen-bond acceptors (Lipinski definition) is 3. The minimum absolute atomic E-state index is 0.0665. The van der Waals surface area contributed by atoms with Crippen LogP contribution in [0.25, 0.3) is 0 Å². The van der Waals surface area contributed by atoms with Gasteiger partial charge >= 0.3 is 0 Å². The molecule has 1 amide bonds. The molecule has 2 rings (SSSR count). The van der Waals surface area contributed by atoms with E-state index in [0.717, 1.165) is 24.9 Å². The summed E-state index contributed by atoms with van der Waals surface area (Å²) in [6.07, 6.45) is 1.84. The maximum absolute atomic E-state index is 13.4. The van der Waals surface area contributed by atoms with Crippen molar-refractivity contribution in [1.82, 2.24) is 4.90 Å². The Morgan fingerprint density at radius 1 is 1.47 bits per heavy atom. The van der Waals surface area contributed by atoms with E-state index in [1.807, 2.05) is 0 Å². The molecule has 0 aliphatic carbocycles. The number of amides is 1. The SMILES string of the molecule is NCc1cc(CN2CCCC(C(N)=O)C2)ccc1F. The minimum atomic E-state index is -0.264. The van der Waals surface area contributed by atoms with Gasteiger partial charge in [-0.25, -0.2) is 4.39 Å². The van der Waals surface area contributed by atoms with Crippen LogP contribution in [0.5, 0.6) is 0 Å². The molecule has 1 heterocycles. The Kier molecular flexibility index (Phi) is 4.50. The molecule has 5 heteroatoms. The molecule has 1 aliphatic heterocycles. The first-order valence-corrected chi connectivity index (χ1v) is 6.59. The molecule has 4 nitrogen and oxygen atoms in total. The number of hydrogen-bond donors (Lipinski definition) is 2. The first kappa shape index (κ1) is 14.0. The zero-order valence-electron chi connectivity index (χ0n) is 10.9. The number of nitrogens with two attached hydrogens (primary N) is 2. The standard InChI is InChI=1S/C14H20FN3O/c15-13-4-3-10(6-12(13)7-16)8-18-5-1-2-11(9-18)14(17)19/h3-4,6,11H,1-2,5,7-9,16H2,(H2,17,19). The van der Waals surface area contributed by atoms with Crippen molar-refractivity contribution in [3.63, 3.8) is 0 Å². The van der Waals surface area contributed by atoms with Gasteiger partial charge in [0.05, 0.1) is 5.92 Å². The van der Waals surface area contributed by atoms with Crippen molar-refractivity contribution in [3.05, 3.63) is 35.1 Å². The molecule has 0 aromatic heterocycles. The van der Waals surface area contributed by atoms with E-state index in [2.05, 4.69) is 4.90 Å². The Labute approximate surface area is 112 Å². The second-order valence-corrected chi connectivity index (χ2v) is 5.11. The van der Waals surface area contributed by atoms with Crippen molar-refractivity contribution in [2.75, 3.05) is 13.1 Å².